The molecule has 0 spiro atoms. The molecule has 0 fully saturated rings. The van der Waals surface area contributed by atoms with Gasteiger partial charge in [-0.1, -0.05) is 15.9 Å². The van der Waals surface area contributed by atoms with Crippen molar-refractivity contribution in [1.82, 2.24) is 9.55 Å². The second kappa shape index (κ2) is 5.31. The summed E-state index contributed by atoms with van der Waals surface area (Å²) in [5.41, 5.74) is 0.477. The second-order valence-electron chi connectivity index (χ2n) is 3.61. The molecule has 5 heteroatoms. The number of halogens is 2. The Morgan fingerprint density at radius 2 is 2.29 bits per heavy atom. The molecule has 1 N–H and O–H groups in total. The molecule has 0 amide bonds. The third-order valence-corrected chi connectivity index (χ3v) is 3.00. The van der Waals surface area contributed by atoms with Crippen LogP contribution in [-0.4, -0.2) is 9.55 Å². The predicted octanol–water partition coefficient (Wildman–Crippen LogP) is 3.42. The molecular weight excluding hydrogens is 285 g/mol. The first-order valence-electron chi connectivity index (χ1n) is 5.39. The van der Waals surface area contributed by atoms with Gasteiger partial charge in [0.1, 0.15) is 11.6 Å². The number of nitrogens with one attached hydrogen (secondary N) is 1. The molecule has 1 heterocycles. The van der Waals surface area contributed by atoms with Gasteiger partial charge in [0.15, 0.2) is 0 Å². The van der Waals surface area contributed by atoms with E-state index in [-0.39, 0.29) is 5.82 Å². The zero-order valence-electron chi connectivity index (χ0n) is 9.45. The summed E-state index contributed by atoms with van der Waals surface area (Å²) in [5.74, 6) is 0.634. The van der Waals surface area contributed by atoms with E-state index in [1.807, 2.05) is 17.7 Å². The smallest absolute Gasteiger partial charge is 0.146 e. The average molecular weight is 298 g/mol. The monoisotopic (exact) mass is 297 g/mol. The van der Waals surface area contributed by atoms with Crippen molar-refractivity contribution in [2.45, 2.75) is 20.0 Å². The van der Waals surface area contributed by atoms with E-state index in [4.69, 9.17) is 0 Å². The summed E-state index contributed by atoms with van der Waals surface area (Å²) in [4.78, 5) is 4.22. The van der Waals surface area contributed by atoms with Crippen molar-refractivity contribution >= 4 is 21.6 Å². The van der Waals surface area contributed by atoms with Gasteiger partial charge in [-0.15, -0.1) is 0 Å². The van der Waals surface area contributed by atoms with Crippen LogP contribution in [0.25, 0.3) is 0 Å². The molecule has 0 radical (unpaired) electrons. The number of nitrogens with zero attached hydrogens (tertiary/aromatic N) is 2. The third-order valence-electron chi connectivity index (χ3n) is 2.51. The van der Waals surface area contributed by atoms with Crippen LogP contribution < -0.4 is 5.32 Å². The van der Waals surface area contributed by atoms with Gasteiger partial charge in [0.25, 0.3) is 0 Å². The van der Waals surface area contributed by atoms with Crippen molar-refractivity contribution < 1.29 is 4.39 Å². The van der Waals surface area contributed by atoms with E-state index in [0.29, 0.717) is 12.2 Å². The standard InChI is InChI=1S/C12H13BrFN3/c1-2-17-6-5-15-12(17)8-16-11-7-9(13)3-4-10(11)14/h3-7,16H,2,8H2,1H3. The highest BCUT2D eigenvalue weighted by atomic mass is 79.9. The number of anilines is 1. The molecule has 2 rings (SSSR count). The van der Waals surface area contributed by atoms with Crippen LogP contribution in [0.15, 0.2) is 35.1 Å². The average Bonchev–Trinajstić information content (AvgIpc) is 2.77. The van der Waals surface area contributed by atoms with Crippen LogP contribution in [-0.2, 0) is 13.1 Å². The van der Waals surface area contributed by atoms with Crippen LogP contribution in [0, 0.1) is 5.82 Å². The molecular formula is C12H13BrFN3. The Morgan fingerprint density at radius 1 is 1.47 bits per heavy atom. The first kappa shape index (κ1) is 12.1. The van der Waals surface area contributed by atoms with Gasteiger partial charge in [-0.25, -0.2) is 9.37 Å². The number of imidazole rings is 1. The SMILES string of the molecule is CCn1ccnc1CNc1cc(Br)ccc1F. The predicted molar refractivity (Wildman–Crippen MR) is 69.3 cm³/mol. The molecule has 2 aromatic rings. The van der Waals surface area contributed by atoms with Gasteiger partial charge >= 0.3 is 0 Å². The summed E-state index contributed by atoms with van der Waals surface area (Å²) < 4.78 is 16.3. The fourth-order valence-electron chi connectivity index (χ4n) is 1.60. The van der Waals surface area contributed by atoms with Crippen molar-refractivity contribution in [3.05, 3.63) is 46.7 Å². The van der Waals surface area contributed by atoms with Gasteiger partial charge < -0.3 is 9.88 Å². The van der Waals surface area contributed by atoms with E-state index >= 15 is 0 Å². The number of aromatic nitrogens is 2. The van der Waals surface area contributed by atoms with Crippen LogP contribution in [0.3, 0.4) is 0 Å². The summed E-state index contributed by atoms with van der Waals surface area (Å²) in [7, 11) is 0. The van der Waals surface area contributed by atoms with Gasteiger partial charge in [-0.3, -0.25) is 0 Å². The van der Waals surface area contributed by atoms with Crippen LogP contribution in [0.2, 0.25) is 0 Å². The summed E-state index contributed by atoms with van der Waals surface area (Å²) in [6, 6.07) is 4.82. The highest BCUT2D eigenvalue weighted by Crippen LogP contribution is 2.20. The van der Waals surface area contributed by atoms with E-state index in [9.17, 15) is 4.39 Å². The minimum absolute atomic E-state index is 0.261. The zero-order chi connectivity index (χ0) is 12.3. The summed E-state index contributed by atoms with van der Waals surface area (Å²) in [6.45, 7) is 3.41. The Kier molecular flexibility index (Phi) is 3.78. The van der Waals surface area contributed by atoms with Crippen molar-refractivity contribution in [1.29, 1.82) is 0 Å². The first-order valence-corrected chi connectivity index (χ1v) is 6.19. The van der Waals surface area contributed by atoms with E-state index in [1.54, 1.807) is 18.3 Å². The fourth-order valence-corrected chi connectivity index (χ4v) is 1.96. The molecule has 0 saturated heterocycles. The van der Waals surface area contributed by atoms with Crippen LogP contribution in [0.4, 0.5) is 10.1 Å². The topological polar surface area (TPSA) is 29.9 Å². The number of rotatable bonds is 4. The van der Waals surface area contributed by atoms with Gasteiger partial charge in [-0.2, -0.15) is 0 Å². The van der Waals surface area contributed by atoms with E-state index in [0.717, 1.165) is 16.8 Å². The van der Waals surface area contributed by atoms with E-state index < -0.39 is 0 Å². The zero-order valence-corrected chi connectivity index (χ0v) is 11.0. The molecule has 0 aliphatic carbocycles. The molecule has 90 valence electrons. The van der Waals surface area contributed by atoms with Crippen LogP contribution >= 0.6 is 15.9 Å². The molecule has 0 bridgehead atoms. The minimum Gasteiger partial charge on any atom is -0.375 e. The summed E-state index contributed by atoms with van der Waals surface area (Å²) >= 11 is 3.32. The number of aryl methyl sites for hydroxylation is 1. The lowest BCUT2D eigenvalue weighted by molar-refractivity contribution is 0.628. The number of hydrogen-bond donors (Lipinski definition) is 1. The molecule has 17 heavy (non-hydrogen) atoms. The Hall–Kier alpha value is -1.36. The first-order chi connectivity index (χ1) is 8.20. The van der Waals surface area contributed by atoms with Crippen molar-refractivity contribution in [3.8, 4) is 0 Å². The fraction of sp³-hybridized carbons (Fsp3) is 0.250. The number of benzene rings is 1. The molecule has 3 nitrogen and oxygen atoms in total. The molecule has 0 unspecified atom stereocenters. The molecule has 1 aromatic heterocycles. The highest BCUT2D eigenvalue weighted by molar-refractivity contribution is 9.10. The normalized spacial score (nSPS) is 10.5. The van der Waals surface area contributed by atoms with Gasteiger partial charge in [-0.05, 0) is 25.1 Å². The van der Waals surface area contributed by atoms with Crippen molar-refractivity contribution in [2.24, 2.45) is 0 Å². The molecule has 0 aliphatic rings. The van der Waals surface area contributed by atoms with Gasteiger partial charge in [0, 0.05) is 23.4 Å². The van der Waals surface area contributed by atoms with E-state index in [1.165, 1.54) is 6.07 Å². The summed E-state index contributed by atoms with van der Waals surface area (Å²) in [6.07, 6.45) is 3.66. The Labute approximate surface area is 108 Å². The van der Waals surface area contributed by atoms with Crippen LogP contribution in [0.1, 0.15) is 12.7 Å². The maximum absolute atomic E-state index is 13.5. The second-order valence-corrected chi connectivity index (χ2v) is 4.52. The molecule has 0 aliphatic heterocycles. The lowest BCUT2D eigenvalue weighted by atomic mass is 10.3. The van der Waals surface area contributed by atoms with E-state index in [2.05, 4.69) is 26.2 Å². The van der Waals surface area contributed by atoms with Crippen molar-refractivity contribution in [2.75, 3.05) is 5.32 Å². The largest absolute Gasteiger partial charge is 0.375 e. The highest BCUT2D eigenvalue weighted by Gasteiger charge is 2.05. The maximum Gasteiger partial charge on any atom is 0.146 e. The van der Waals surface area contributed by atoms with Gasteiger partial charge in [0.2, 0.25) is 0 Å². The Balaban J connectivity index is 2.09. The Morgan fingerprint density at radius 3 is 3.06 bits per heavy atom. The Bertz CT molecular complexity index is 510. The summed E-state index contributed by atoms with van der Waals surface area (Å²) in [5, 5.41) is 3.04. The maximum atomic E-state index is 13.5. The van der Waals surface area contributed by atoms with Gasteiger partial charge in [0.05, 0.1) is 12.2 Å². The lowest BCUT2D eigenvalue weighted by Crippen LogP contribution is -2.08. The third kappa shape index (κ3) is 2.85. The van der Waals surface area contributed by atoms with Crippen molar-refractivity contribution in [3.63, 3.8) is 0 Å². The lowest BCUT2D eigenvalue weighted by Gasteiger charge is -2.09. The molecule has 0 atom stereocenters. The quantitative estimate of drug-likeness (QED) is 0.937. The van der Waals surface area contributed by atoms with Crippen LogP contribution in [0.5, 0.6) is 0 Å². The molecule has 0 saturated carbocycles. The molecule has 1 aromatic carbocycles. The number of hydrogen-bond acceptors (Lipinski definition) is 2. The minimum atomic E-state index is -0.261.